The molecule has 0 unspecified atom stereocenters. The fourth-order valence-electron chi connectivity index (χ4n) is 3.13. The molecule has 1 heterocycles. The summed E-state index contributed by atoms with van der Waals surface area (Å²) in [5, 5.41) is 5.43. The van der Waals surface area contributed by atoms with Gasteiger partial charge in [0.15, 0.2) is 0 Å². The first-order valence-electron chi connectivity index (χ1n) is 7.88. The summed E-state index contributed by atoms with van der Waals surface area (Å²) in [5.41, 5.74) is -0.128. The molecule has 2 N–H and O–H groups in total. The Bertz CT molecular complexity index is 705. The Kier molecular flexibility index (Phi) is 4.69. The molecular formula is C17H21ClN2O2. The topological polar surface area (TPSA) is 54.1 Å². The van der Waals surface area contributed by atoms with Crippen molar-refractivity contribution in [2.45, 2.75) is 44.8 Å². The number of rotatable bonds is 4. The molecule has 0 saturated heterocycles. The smallest absolute Gasteiger partial charge is 0.255 e. The second-order valence-electron chi connectivity index (χ2n) is 5.83. The van der Waals surface area contributed by atoms with Crippen LogP contribution in [0.2, 0.25) is 5.02 Å². The van der Waals surface area contributed by atoms with E-state index in [0.717, 1.165) is 37.6 Å². The van der Waals surface area contributed by atoms with Crippen molar-refractivity contribution in [3.63, 3.8) is 0 Å². The van der Waals surface area contributed by atoms with Gasteiger partial charge in [0.05, 0.1) is 11.1 Å². The van der Waals surface area contributed by atoms with Crippen LogP contribution in [0.15, 0.2) is 29.2 Å². The second kappa shape index (κ2) is 6.71. The van der Waals surface area contributed by atoms with Crippen molar-refractivity contribution in [1.82, 2.24) is 10.3 Å². The molecule has 1 saturated carbocycles. The molecule has 5 heteroatoms. The van der Waals surface area contributed by atoms with Crippen LogP contribution in [0.5, 0.6) is 5.75 Å². The van der Waals surface area contributed by atoms with Crippen molar-refractivity contribution < 1.29 is 4.74 Å². The van der Waals surface area contributed by atoms with Gasteiger partial charge in [-0.05, 0) is 55.8 Å². The first-order valence-corrected chi connectivity index (χ1v) is 8.26. The van der Waals surface area contributed by atoms with Gasteiger partial charge in [0.1, 0.15) is 5.75 Å². The molecular weight excluding hydrogens is 300 g/mol. The normalized spacial score (nSPS) is 21.9. The van der Waals surface area contributed by atoms with E-state index in [1.807, 2.05) is 12.1 Å². The van der Waals surface area contributed by atoms with Crippen LogP contribution in [0.25, 0.3) is 10.8 Å². The molecule has 1 aromatic carbocycles. The fraction of sp³-hybridized carbons (Fsp3) is 0.471. The van der Waals surface area contributed by atoms with E-state index < -0.39 is 0 Å². The zero-order chi connectivity index (χ0) is 15.5. The van der Waals surface area contributed by atoms with Crippen molar-refractivity contribution in [3.05, 3.63) is 39.8 Å². The number of pyridine rings is 1. The monoisotopic (exact) mass is 320 g/mol. The summed E-state index contributed by atoms with van der Waals surface area (Å²) in [4.78, 5) is 14.4. The molecule has 1 aromatic heterocycles. The van der Waals surface area contributed by atoms with Crippen LogP contribution in [0.3, 0.4) is 0 Å². The van der Waals surface area contributed by atoms with Crippen molar-refractivity contribution in [2.24, 2.45) is 0 Å². The van der Waals surface area contributed by atoms with E-state index in [1.54, 1.807) is 12.3 Å². The molecule has 0 amide bonds. The van der Waals surface area contributed by atoms with Gasteiger partial charge in [0.25, 0.3) is 5.56 Å². The summed E-state index contributed by atoms with van der Waals surface area (Å²) in [6.07, 6.45) is 6.16. The number of fused-ring (bicyclic) bond motifs is 1. The number of hydrogen-bond donors (Lipinski definition) is 2. The lowest BCUT2D eigenvalue weighted by atomic mass is 9.93. The molecule has 0 atom stereocenters. The highest BCUT2D eigenvalue weighted by Crippen LogP contribution is 2.32. The molecule has 0 bridgehead atoms. The number of H-pyrrole nitrogens is 1. The van der Waals surface area contributed by atoms with Crippen LogP contribution >= 0.6 is 11.6 Å². The molecule has 0 spiro atoms. The largest absolute Gasteiger partial charge is 0.489 e. The second-order valence-corrected chi connectivity index (χ2v) is 6.23. The Morgan fingerprint density at radius 2 is 2.09 bits per heavy atom. The Balaban J connectivity index is 1.74. The van der Waals surface area contributed by atoms with Crippen LogP contribution in [0, 0.1) is 0 Å². The lowest BCUT2D eigenvalue weighted by molar-refractivity contribution is 0.140. The third-order valence-corrected chi connectivity index (χ3v) is 4.58. The van der Waals surface area contributed by atoms with E-state index in [-0.39, 0.29) is 11.7 Å². The van der Waals surface area contributed by atoms with Crippen LogP contribution in [0.4, 0.5) is 0 Å². The number of ether oxygens (including phenoxy) is 1. The molecule has 4 nitrogen and oxygen atoms in total. The molecule has 1 aliphatic rings. The molecule has 1 aliphatic carbocycles. The van der Waals surface area contributed by atoms with Crippen molar-refractivity contribution in [1.29, 1.82) is 0 Å². The molecule has 0 aliphatic heterocycles. The van der Waals surface area contributed by atoms with Crippen molar-refractivity contribution in [3.8, 4) is 5.75 Å². The summed E-state index contributed by atoms with van der Waals surface area (Å²) < 4.78 is 6.09. The number of benzene rings is 1. The standard InChI is InChI=1S/C17H21ClN2O2/c1-2-19-12-3-5-13(6-4-12)22-16-9-11-7-8-20-17(21)14(11)10-15(16)18/h7-10,12-13,19H,2-6H2,1H3,(H,20,21). The molecule has 1 fully saturated rings. The quantitative estimate of drug-likeness (QED) is 0.906. The van der Waals surface area contributed by atoms with Crippen LogP contribution in [0.1, 0.15) is 32.6 Å². The Morgan fingerprint density at radius 1 is 1.32 bits per heavy atom. The number of hydrogen-bond acceptors (Lipinski definition) is 3. The van der Waals surface area contributed by atoms with E-state index in [4.69, 9.17) is 16.3 Å². The number of nitrogens with one attached hydrogen (secondary N) is 2. The average molecular weight is 321 g/mol. The molecule has 2 aromatic rings. The average Bonchev–Trinajstić information content (AvgIpc) is 2.51. The number of halogens is 1. The lowest BCUT2D eigenvalue weighted by Crippen LogP contribution is -2.36. The van der Waals surface area contributed by atoms with Gasteiger partial charge in [-0.3, -0.25) is 4.79 Å². The van der Waals surface area contributed by atoms with E-state index in [2.05, 4.69) is 17.2 Å². The summed E-state index contributed by atoms with van der Waals surface area (Å²) in [7, 11) is 0. The van der Waals surface area contributed by atoms with Gasteiger partial charge in [-0.1, -0.05) is 18.5 Å². The van der Waals surface area contributed by atoms with Gasteiger partial charge in [-0.25, -0.2) is 0 Å². The highest BCUT2D eigenvalue weighted by Gasteiger charge is 2.22. The highest BCUT2D eigenvalue weighted by atomic mass is 35.5. The Hall–Kier alpha value is -1.52. The molecule has 0 radical (unpaired) electrons. The third-order valence-electron chi connectivity index (χ3n) is 4.29. The maximum Gasteiger partial charge on any atom is 0.255 e. The van der Waals surface area contributed by atoms with E-state index in [9.17, 15) is 4.79 Å². The van der Waals surface area contributed by atoms with Crippen LogP contribution in [-0.2, 0) is 0 Å². The molecule has 118 valence electrons. The predicted octanol–water partition coefficient (Wildman–Crippen LogP) is 3.48. The summed E-state index contributed by atoms with van der Waals surface area (Å²) in [6.45, 7) is 3.15. The fourth-order valence-corrected chi connectivity index (χ4v) is 3.34. The van der Waals surface area contributed by atoms with Gasteiger partial charge in [-0.2, -0.15) is 0 Å². The first-order chi connectivity index (χ1) is 10.7. The number of aromatic amines is 1. The highest BCUT2D eigenvalue weighted by molar-refractivity contribution is 6.32. The molecule has 3 rings (SSSR count). The van der Waals surface area contributed by atoms with Crippen LogP contribution < -0.4 is 15.6 Å². The minimum atomic E-state index is -0.128. The minimum absolute atomic E-state index is 0.128. The minimum Gasteiger partial charge on any atom is -0.489 e. The van der Waals surface area contributed by atoms with Gasteiger partial charge < -0.3 is 15.0 Å². The predicted molar refractivity (Wildman–Crippen MR) is 89.9 cm³/mol. The van der Waals surface area contributed by atoms with Gasteiger partial charge in [-0.15, -0.1) is 0 Å². The summed E-state index contributed by atoms with van der Waals surface area (Å²) in [5.74, 6) is 0.673. The maximum absolute atomic E-state index is 11.8. The van der Waals surface area contributed by atoms with Gasteiger partial charge in [0, 0.05) is 17.6 Å². The Labute approximate surface area is 134 Å². The summed E-state index contributed by atoms with van der Waals surface area (Å²) >= 11 is 6.28. The van der Waals surface area contributed by atoms with Crippen molar-refractivity contribution >= 4 is 22.4 Å². The van der Waals surface area contributed by atoms with Gasteiger partial charge in [0.2, 0.25) is 0 Å². The van der Waals surface area contributed by atoms with E-state index in [0.29, 0.717) is 22.2 Å². The SMILES string of the molecule is CCNC1CCC(Oc2cc3cc[nH]c(=O)c3cc2Cl)CC1. The summed E-state index contributed by atoms with van der Waals surface area (Å²) in [6, 6.07) is 6.02. The first kappa shape index (κ1) is 15.4. The third kappa shape index (κ3) is 3.28. The lowest BCUT2D eigenvalue weighted by Gasteiger charge is -2.29. The van der Waals surface area contributed by atoms with Crippen LogP contribution in [-0.4, -0.2) is 23.7 Å². The zero-order valence-corrected chi connectivity index (χ0v) is 13.5. The van der Waals surface area contributed by atoms with E-state index in [1.165, 1.54) is 0 Å². The molecule has 22 heavy (non-hydrogen) atoms. The van der Waals surface area contributed by atoms with E-state index >= 15 is 0 Å². The number of aromatic nitrogens is 1. The van der Waals surface area contributed by atoms with Gasteiger partial charge >= 0.3 is 0 Å². The van der Waals surface area contributed by atoms with Crippen molar-refractivity contribution in [2.75, 3.05) is 6.54 Å². The maximum atomic E-state index is 11.8. The Morgan fingerprint density at radius 3 is 2.82 bits per heavy atom. The zero-order valence-electron chi connectivity index (χ0n) is 12.7.